The SMILES string of the molecule is Cn1cc(C(=O)O)c(=O)c2ccc(NCCN)cc21. The van der Waals surface area contributed by atoms with Crippen LogP contribution in [0.2, 0.25) is 0 Å². The van der Waals surface area contributed by atoms with Crippen LogP contribution in [-0.2, 0) is 7.05 Å². The van der Waals surface area contributed by atoms with E-state index in [1.807, 2.05) is 0 Å². The Bertz CT molecular complexity index is 691. The first-order valence-corrected chi connectivity index (χ1v) is 5.85. The van der Waals surface area contributed by atoms with Gasteiger partial charge in [0, 0.05) is 37.4 Å². The van der Waals surface area contributed by atoms with E-state index in [9.17, 15) is 9.59 Å². The molecule has 0 aliphatic heterocycles. The van der Waals surface area contributed by atoms with Crippen molar-refractivity contribution in [1.29, 1.82) is 0 Å². The van der Waals surface area contributed by atoms with Gasteiger partial charge in [0.05, 0.1) is 5.52 Å². The van der Waals surface area contributed by atoms with Crippen LogP contribution in [0.4, 0.5) is 5.69 Å². The maximum Gasteiger partial charge on any atom is 0.341 e. The van der Waals surface area contributed by atoms with E-state index in [2.05, 4.69) is 5.32 Å². The van der Waals surface area contributed by atoms with Crippen LogP contribution >= 0.6 is 0 Å². The molecule has 0 saturated carbocycles. The van der Waals surface area contributed by atoms with Crippen LogP contribution in [0, 0.1) is 0 Å². The molecule has 19 heavy (non-hydrogen) atoms. The molecule has 4 N–H and O–H groups in total. The number of aryl methyl sites for hydroxylation is 1. The molecule has 100 valence electrons. The highest BCUT2D eigenvalue weighted by Gasteiger charge is 2.13. The maximum atomic E-state index is 12.0. The third-order valence-electron chi connectivity index (χ3n) is 2.89. The van der Waals surface area contributed by atoms with Crippen LogP contribution < -0.4 is 16.5 Å². The molecule has 6 nitrogen and oxygen atoms in total. The summed E-state index contributed by atoms with van der Waals surface area (Å²) in [5.41, 5.74) is 6.24. The van der Waals surface area contributed by atoms with Gasteiger partial charge < -0.3 is 20.7 Å². The molecule has 0 unspecified atom stereocenters. The number of carboxylic acid groups (broad SMARTS) is 1. The highest BCUT2D eigenvalue weighted by molar-refractivity contribution is 5.93. The number of aromatic nitrogens is 1. The molecule has 1 aromatic carbocycles. The molecule has 0 fully saturated rings. The van der Waals surface area contributed by atoms with Crippen LogP contribution in [0.1, 0.15) is 10.4 Å². The van der Waals surface area contributed by atoms with Crippen molar-refractivity contribution in [2.24, 2.45) is 12.8 Å². The van der Waals surface area contributed by atoms with Crippen molar-refractivity contribution < 1.29 is 9.90 Å². The normalized spacial score (nSPS) is 10.6. The molecule has 2 rings (SSSR count). The van der Waals surface area contributed by atoms with Gasteiger partial charge in [-0.3, -0.25) is 4.79 Å². The molecular weight excluding hydrogens is 246 g/mol. The summed E-state index contributed by atoms with van der Waals surface area (Å²) in [6, 6.07) is 5.17. The van der Waals surface area contributed by atoms with Crippen molar-refractivity contribution in [1.82, 2.24) is 4.57 Å². The van der Waals surface area contributed by atoms with Crippen LogP contribution in [0.25, 0.3) is 10.9 Å². The van der Waals surface area contributed by atoms with Gasteiger partial charge in [0.2, 0.25) is 5.43 Å². The van der Waals surface area contributed by atoms with E-state index >= 15 is 0 Å². The van der Waals surface area contributed by atoms with E-state index in [-0.39, 0.29) is 5.56 Å². The molecule has 2 aromatic rings. The minimum atomic E-state index is -1.21. The zero-order valence-electron chi connectivity index (χ0n) is 10.5. The largest absolute Gasteiger partial charge is 0.477 e. The Balaban J connectivity index is 2.62. The first kappa shape index (κ1) is 13.1. The lowest BCUT2D eigenvalue weighted by molar-refractivity contribution is 0.0695. The van der Waals surface area contributed by atoms with Gasteiger partial charge in [0.15, 0.2) is 0 Å². The Hall–Kier alpha value is -2.34. The number of carbonyl (C=O) groups is 1. The number of hydrogen-bond acceptors (Lipinski definition) is 4. The summed E-state index contributed by atoms with van der Waals surface area (Å²) >= 11 is 0. The molecule has 0 aliphatic rings. The van der Waals surface area contributed by atoms with Crippen LogP contribution in [0.15, 0.2) is 29.2 Å². The highest BCUT2D eigenvalue weighted by Crippen LogP contribution is 2.16. The summed E-state index contributed by atoms with van der Waals surface area (Å²) in [7, 11) is 1.71. The zero-order chi connectivity index (χ0) is 14.0. The van der Waals surface area contributed by atoms with E-state index in [1.165, 1.54) is 6.20 Å². The Kier molecular flexibility index (Phi) is 3.52. The third kappa shape index (κ3) is 2.43. The number of pyridine rings is 1. The van der Waals surface area contributed by atoms with E-state index in [1.54, 1.807) is 29.8 Å². The fourth-order valence-corrected chi connectivity index (χ4v) is 1.96. The number of rotatable bonds is 4. The average Bonchev–Trinajstić information content (AvgIpc) is 2.40. The minimum Gasteiger partial charge on any atom is -0.477 e. The van der Waals surface area contributed by atoms with Crippen molar-refractivity contribution in [3.8, 4) is 0 Å². The van der Waals surface area contributed by atoms with Gasteiger partial charge in [-0.15, -0.1) is 0 Å². The molecule has 0 bridgehead atoms. The standard InChI is InChI=1S/C13H15N3O3/c1-16-7-10(13(18)19)12(17)9-3-2-8(6-11(9)16)15-5-4-14/h2-3,6-7,15H,4-5,14H2,1H3,(H,18,19). The van der Waals surface area contributed by atoms with E-state index < -0.39 is 11.4 Å². The molecule has 0 radical (unpaired) electrons. The number of nitrogens with one attached hydrogen (secondary N) is 1. The van der Waals surface area contributed by atoms with Gasteiger partial charge in [-0.2, -0.15) is 0 Å². The molecule has 1 heterocycles. The molecule has 6 heteroatoms. The Morgan fingerprint density at radius 1 is 1.47 bits per heavy atom. The minimum absolute atomic E-state index is 0.224. The second-order valence-electron chi connectivity index (χ2n) is 4.24. The number of carboxylic acids is 1. The Morgan fingerprint density at radius 2 is 2.21 bits per heavy atom. The topological polar surface area (TPSA) is 97.3 Å². The average molecular weight is 261 g/mol. The van der Waals surface area contributed by atoms with Crippen molar-refractivity contribution in [2.75, 3.05) is 18.4 Å². The molecule has 0 atom stereocenters. The number of benzene rings is 1. The number of aromatic carboxylic acids is 1. The quantitative estimate of drug-likeness (QED) is 0.749. The van der Waals surface area contributed by atoms with Crippen LogP contribution in [-0.4, -0.2) is 28.7 Å². The number of anilines is 1. The summed E-state index contributed by atoms with van der Waals surface area (Å²) in [5.74, 6) is -1.21. The summed E-state index contributed by atoms with van der Waals surface area (Å²) in [5, 5.41) is 12.5. The van der Waals surface area contributed by atoms with Crippen molar-refractivity contribution >= 4 is 22.6 Å². The van der Waals surface area contributed by atoms with Crippen molar-refractivity contribution in [3.63, 3.8) is 0 Å². The van der Waals surface area contributed by atoms with Crippen molar-refractivity contribution in [2.45, 2.75) is 0 Å². The maximum absolute atomic E-state index is 12.0. The molecule has 0 spiro atoms. The predicted molar refractivity (Wildman–Crippen MR) is 73.7 cm³/mol. The third-order valence-corrected chi connectivity index (χ3v) is 2.89. The Labute approximate surface area is 109 Å². The first-order valence-electron chi connectivity index (χ1n) is 5.85. The summed E-state index contributed by atoms with van der Waals surface area (Å²) in [6.07, 6.45) is 1.33. The summed E-state index contributed by atoms with van der Waals surface area (Å²) in [6.45, 7) is 1.14. The molecular formula is C13H15N3O3. The van der Waals surface area contributed by atoms with Crippen LogP contribution in [0.5, 0.6) is 0 Å². The lowest BCUT2D eigenvalue weighted by Gasteiger charge is -2.10. The predicted octanol–water partition coefficient (Wildman–Crippen LogP) is 0.607. The second-order valence-corrected chi connectivity index (χ2v) is 4.24. The zero-order valence-corrected chi connectivity index (χ0v) is 10.5. The summed E-state index contributed by atoms with van der Waals surface area (Å²) < 4.78 is 1.63. The number of nitrogens with two attached hydrogens (primary N) is 1. The number of fused-ring (bicyclic) bond motifs is 1. The van der Waals surface area contributed by atoms with Crippen LogP contribution in [0.3, 0.4) is 0 Å². The van der Waals surface area contributed by atoms with Gasteiger partial charge in [-0.05, 0) is 18.2 Å². The summed E-state index contributed by atoms with van der Waals surface area (Å²) in [4.78, 5) is 23.0. The smallest absolute Gasteiger partial charge is 0.341 e. The lowest BCUT2D eigenvalue weighted by Crippen LogP contribution is -2.18. The van der Waals surface area contributed by atoms with Gasteiger partial charge in [-0.1, -0.05) is 0 Å². The Morgan fingerprint density at radius 3 is 2.84 bits per heavy atom. The van der Waals surface area contributed by atoms with Gasteiger partial charge in [-0.25, -0.2) is 4.79 Å². The van der Waals surface area contributed by atoms with E-state index in [0.717, 1.165) is 5.69 Å². The molecule has 0 saturated heterocycles. The monoisotopic (exact) mass is 261 g/mol. The number of nitrogens with zero attached hydrogens (tertiary/aromatic N) is 1. The molecule has 0 amide bonds. The second kappa shape index (κ2) is 5.11. The fraction of sp³-hybridized carbons (Fsp3) is 0.231. The molecule has 1 aromatic heterocycles. The van der Waals surface area contributed by atoms with Gasteiger partial charge >= 0.3 is 5.97 Å². The first-order chi connectivity index (χ1) is 9.04. The van der Waals surface area contributed by atoms with Gasteiger partial charge in [0.25, 0.3) is 0 Å². The molecule has 0 aliphatic carbocycles. The van der Waals surface area contributed by atoms with E-state index in [0.29, 0.717) is 24.0 Å². The number of hydrogen-bond donors (Lipinski definition) is 3. The lowest BCUT2D eigenvalue weighted by atomic mass is 10.1. The van der Waals surface area contributed by atoms with Gasteiger partial charge in [0.1, 0.15) is 5.56 Å². The fourth-order valence-electron chi connectivity index (χ4n) is 1.96. The highest BCUT2D eigenvalue weighted by atomic mass is 16.4. The van der Waals surface area contributed by atoms with E-state index in [4.69, 9.17) is 10.8 Å². The van der Waals surface area contributed by atoms with Crippen molar-refractivity contribution in [3.05, 3.63) is 40.2 Å².